The van der Waals surface area contributed by atoms with E-state index in [9.17, 15) is 9.18 Å². The number of benzene rings is 2. The topological polar surface area (TPSA) is 32.3 Å². The van der Waals surface area contributed by atoms with Crippen molar-refractivity contribution in [2.24, 2.45) is 0 Å². The average Bonchev–Trinajstić information content (AvgIpc) is 3.17. The molecule has 138 valence electrons. The van der Waals surface area contributed by atoms with Crippen LogP contribution in [0.3, 0.4) is 0 Å². The van der Waals surface area contributed by atoms with Crippen LogP contribution in [0.1, 0.15) is 40.6 Å². The monoisotopic (exact) mass is 380 g/mol. The standard InChI is InChI=1S/C22H21FN2OS/c1-15(16-7-9-18(23)10-8-16)24-22(26)25-13-11-20-19(12-14-27-20)21(25)17-5-3-2-4-6-17/h2-10,12,14-15,21H,11,13H2,1H3,(H,24,26)/t15-,21+/m0/s1. The summed E-state index contributed by atoms with van der Waals surface area (Å²) in [5.41, 5.74) is 3.21. The second-order valence-electron chi connectivity index (χ2n) is 6.78. The molecule has 0 radical (unpaired) electrons. The molecule has 2 atom stereocenters. The van der Waals surface area contributed by atoms with Crippen molar-refractivity contribution in [3.05, 3.63) is 93.4 Å². The number of rotatable bonds is 3. The average molecular weight is 380 g/mol. The second-order valence-corrected chi connectivity index (χ2v) is 7.78. The van der Waals surface area contributed by atoms with Crippen LogP contribution in [0.5, 0.6) is 0 Å². The Morgan fingerprint density at radius 3 is 2.63 bits per heavy atom. The van der Waals surface area contributed by atoms with Crippen LogP contribution in [0.25, 0.3) is 0 Å². The maximum Gasteiger partial charge on any atom is 0.318 e. The third-order valence-corrected chi connectivity index (χ3v) is 6.05. The molecular weight excluding hydrogens is 359 g/mol. The number of amides is 2. The Morgan fingerprint density at radius 2 is 1.89 bits per heavy atom. The Morgan fingerprint density at radius 1 is 1.15 bits per heavy atom. The summed E-state index contributed by atoms with van der Waals surface area (Å²) < 4.78 is 13.2. The lowest BCUT2D eigenvalue weighted by molar-refractivity contribution is 0.177. The van der Waals surface area contributed by atoms with E-state index in [0.29, 0.717) is 6.54 Å². The molecule has 2 amide bonds. The summed E-state index contributed by atoms with van der Waals surface area (Å²) in [4.78, 5) is 16.4. The van der Waals surface area contributed by atoms with Gasteiger partial charge < -0.3 is 10.2 Å². The Labute approximate surface area is 162 Å². The summed E-state index contributed by atoms with van der Waals surface area (Å²) in [7, 11) is 0. The highest BCUT2D eigenvalue weighted by Gasteiger charge is 2.33. The van der Waals surface area contributed by atoms with E-state index in [0.717, 1.165) is 17.5 Å². The zero-order chi connectivity index (χ0) is 18.8. The molecule has 2 heterocycles. The Bertz CT molecular complexity index is 923. The summed E-state index contributed by atoms with van der Waals surface area (Å²) in [6, 6.07) is 18.2. The zero-order valence-electron chi connectivity index (χ0n) is 15.1. The van der Waals surface area contributed by atoms with Crippen LogP contribution in [0, 0.1) is 5.82 Å². The quantitative estimate of drug-likeness (QED) is 0.656. The van der Waals surface area contributed by atoms with Crippen molar-refractivity contribution >= 4 is 17.4 Å². The van der Waals surface area contributed by atoms with E-state index < -0.39 is 0 Å². The van der Waals surface area contributed by atoms with Crippen LogP contribution in [0.4, 0.5) is 9.18 Å². The smallest absolute Gasteiger partial charge is 0.318 e. The molecule has 0 unspecified atom stereocenters. The molecule has 0 bridgehead atoms. The molecule has 0 fully saturated rings. The van der Waals surface area contributed by atoms with E-state index in [1.54, 1.807) is 23.5 Å². The third-order valence-electron chi connectivity index (χ3n) is 5.05. The first kappa shape index (κ1) is 17.7. The number of halogens is 1. The van der Waals surface area contributed by atoms with Crippen LogP contribution >= 0.6 is 11.3 Å². The maximum absolute atomic E-state index is 13.2. The van der Waals surface area contributed by atoms with Gasteiger partial charge in [-0.1, -0.05) is 42.5 Å². The summed E-state index contributed by atoms with van der Waals surface area (Å²) in [5, 5.41) is 5.18. The lowest BCUT2D eigenvalue weighted by Crippen LogP contribution is -2.46. The van der Waals surface area contributed by atoms with Crippen molar-refractivity contribution in [1.82, 2.24) is 10.2 Å². The number of thiophene rings is 1. The lowest BCUT2D eigenvalue weighted by Gasteiger charge is -2.37. The SMILES string of the molecule is C[C@H](NC(=O)N1CCc2sccc2[C@H]1c1ccccc1)c1ccc(F)cc1. The highest BCUT2D eigenvalue weighted by atomic mass is 32.1. The second kappa shape index (κ2) is 7.53. The molecular formula is C22H21FN2OS. The highest BCUT2D eigenvalue weighted by Crippen LogP contribution is 2.37. The van der Waals surface area contributed by atoms with Crippen molar-refractivity contribution in [2.75, 3.05) is 6.54 Å². The molecule has 3 nitrogen and oxygen atoms in total. The van der Waals surface area contributed by atoms with Gasteiger partial charge in [-0.3, -0.25) is 0 Å². The van der Waals surface area contributed by atoms with Gasteiger partial charge in [-0.05, 0) is 53.6 Å². The predicted molar refractivity (Wildman–Crippen MR) is 106 cm³/mol. The summed E-state index contributed by atoms with van der Waals surface area (Å²) in [5.74, 6) is -0.276. The lowest BCUT2D eigenvalue weighted by atomic mass is 9.93. The van der Waals surface area contributed by atoms with E-state index in [4.69, 9.17) is 0 Å². The van der Waals surface area contributed by atoms with Gasteiger partial charge in [0.1, 0.15) is 5.82 Å². The van der Waals surface area contributed by atoms with E-state index >= 15 is 0 Å². The molecule has 0 spiro atoms. The molecule has 1 aromatic heterocycles. The fraction of sp³-hybridized carbons (Fsp3) is 0.227. The van der Waals surface area contributed by atoms with Gasteiger partial charge in [0.05, 0.1) is 12.1 Å². The molecule has 3 aromatic rings. The van der Waals surface area contributed by atoms with Crippen LogP contribution in [0.15, 0.2) is 66.0 Å². The number of nitrogens with zero attached hydrogens (tertiary/aromatic N) is 1. The summed E-state index contributed by atoms with van der Waals surface area (Å²) >= 11 is 1.76. The number of hydrogen-bond donors (Lipinski definition) is 1. The van der Waals surface area contributed by atoms with Gasteiger partial charge in [-0.2, -0.15) is 0 Å². The number of urea groups is 1. The molecule has 0 saturated carbocycles. The van der Waals surface area contributed by atoms with E-state index in [2.05, 4.69) is 28.9 Å². The van der Waals surface area contributed by atoms with Crippen LogP contribution in [-0.4, -0.2) is 17.5 Å². The minimum absolute atomic E-state index is 0.0818. The first-order valence-corrected chi connectivity index (χ1v) is 9.95. The highest BCUT2D eigenvalue weighted by molar-refractivity contribution is 7.10. The zero-order valence-corrected chi connectivity index (χ0v) is 15.9. The van der Waals surface area contributed by atoms with Crippen molar-refractivity contribution in [2.45, 2.75) is 25.4 Å². The first-order valence-electron chi connectivity index (χ1n) is 9.07. The van der Waals surface area contributed by atoms with Crippen molar-refractivity contribution in [1.29, 1.82) is 0 Å². The van der Waals surface area contributed by atoms with Crippen molar-refractivity contribution in [3.8, 4) is 0 Å². The van der Waals surface area contributed by atoms with Crippen molar-refractivity contribution in [3.63, 3.8) is 0 Å². The van der Waals surface area contributed by atoms with Crippen LogP contribution in [-0.2, 0) is 6.42 Å². The van der Waals surface area contributed by atoms with Gasteiger partial charge in [-0.25, -0.2) is 9.18 Å². The first-order chi connectivity index (χ1) is 13.1. The molecule has 0 aliphatic carbocycles. The molecule has 2 aromatic carbocycles. The summed E-state index contributed by atoms with van der Waals surface area (Å²) in [6.07, 6.45) is 0.870. The maximum atomic E-state index is 13.2. The minimum Gasteiger partial charge on any atom is -0.331 e. The fourth-order valence-electron chi connectivity index (χ4n) is 3.63. The molecule has 1 aliphatic heterocycles. The molecule has 27 heavy (non-hydrogen) atoms. The third kappa shape index (κ3) is 3.60. The number of carbonyl (C=O) groups is 1. The number of nitrogens with one attached hydrogen (secondary N) is 1. The van der Waals surface area contributed by atoms with Gasteiger partial charge in [-0.15, -0.1) is 11.3 Å². The molecule has 1 N–H and O–H groups in total. The number of hydrogen-bond acceptors (Lipinski definition) is 2. The molecule has 4 rings (SSSR count). The Kier molecular flexibility index (Phi) is 4.94. The predicted octanol–water partition coefficient (Wildman–Crippen LogP) is 5.31. The largest absolute Gasteiger partial charge is 0.331 e. The molecule has 1 aliphatic rings. The van der Waals surface area contributed by atoms with Gasteiger partial charge in [0, 0.05) is 11.4 Å². The number of fused-ring (bicyclic) bond motifs is 1. The van der Waals surface area contributed by atoms with Gasteiger partial charge >= 0.3 is 6.03 Å². The van der Waals surface area contributed by atoms with E-state index in [1.807, 2.05) is 30.0 Å². The molecule has 5 heteroatoms. The number of carbonyl (C=O) groups excluding carboxylic acids is 1. The fourth-order valence-corrected chi connectivity index (χ4v) is 4.54. The Balaban J connectivity index is 1.59. The Hall–Kier alpha value is -2.66. The van der Waals surface area contributed by atoms with Gasteiger partial charge in [0.2, 0.25) is 0 Å². The van der Waals surface area contributed by atoms with E-state index in [-0.39, 0.29) is 23.9 Å². The normalized spacial score (nSPS) is 17.3. The van der Waals surface area contributed by atoms with Crippen LogP contribution < -0.4 is 5.32 Å². The van der Waals surface area contributed by atoms with Gasteiger partial charge in [0.15, 0.2) is 0 Å². The summed E-state index contributed by atoms with van der Waals surface area (Å²) in [6.45, 7) is 2.59. The van der Waals surface area contributed by atoms with E-state index in [1.165, 1.54) is 22.6 Å². The van der Waals surface area contributed by atoms with Crippen LogP contribution in [0.2, 0.25) is 0 Å². The molecule has 0 saturated heterocycles. The van der Waals surface area contributed by atoms with Crippen molar-refractivity contribution < 1.29 is 9.18 Å². The minimum atomic E-state index is -0.276. The van der Waals surface area contributed by atoms with Gasteiger partial charge in [0.25, 0.3) is 0 Å².